The van der Waals surface area contributed by atoms with Gasteiger partial charge in [-0.3, -0.25) is 9.52 Å². The van der Waals surface area contributed by atoms with Gasteiger partial charge in [0.25, 0.3) is 10.0 Å². The number of benzene rings is 3. The Hall–Kier alpha value is -3.72. The number of fused-ring (bicyclic) bond motifs is 1. The number of halogens is 1. The van der Waals surface area contributed by atoms with E-state index in [1.165, 1.54) is 12.1 Å². The number of amides is 1. The molecule has 1 amide bonds. The number of H-pyrrole nitrogens is 1. The smallest absolute Gasteiger partial charge is 0.261 e. The third kappa shape index (κ3) is 4.94. The number of nitrogens with zero attached hydrogens (tertiary/aromatic N) is 1. The maximum Gasteiger partial charge on any atom is 0.261 e. The Bertz CT molecular complexity index is 1320. The predicted molar refractivity (Wildman–Crippen MR) is 120 cm³/mol. The number of imidazole rings is 1. The second-order valence-corrected chi connectivity index (χ2v) is 9.04. The first-order valence-corrected chi connectivity index (χ1v) is 11.4. The molecule has 0 spiro atoms. The molecule has 3 aromatic carbocycles. The van der Waals surface area contributed by atoms with Crippen molar-refractivity contribution in [2.24, 2.45) is 0 Å². The third-order valence-electron chi connectivity index (χ3n) is 4.89. The number of hydrogen-bond acceptors (Lipinski definition) is 4. The molecule has 7 nitrogen and oxygen atoms in total. The standard InChI is InChI=1S/C23H21FN4O3S/c1-15(23-26-20-4-2-3-5-21(20)27-23)25-22(29)14-16-6-10-18(11-7-16)28-32(30,31)19-12-8-17(24)9-13-19/h2-13,15,28H,14H2,1H3,(H,25,29)(H,26,27). The summed E-state index contributed by atoms with van der Waals surface area (Å²) in [5.41, 5.74) is 2.81. The molecule has 1 aromatic heterocycles. The van der Waals surface area contributed by atoms with Crippen LogP contribution >= 0.6 is 0 Å². The van der Waals surface area contributed by atoms with Crippen molar-refractivity contribution in [2.45, 2.75) is 24.3 Å². The summed E-state index contributed by atoms with van der Waals surface area (Å²) in [6.07, 6.45) is 0.134. The minimum absolute atomic E-state index is 0.0399. The molecule has 0 radical (unpaired) electrons. The molecule has 0 fully saturated rings. The molecule has 1 unspecified atom stereocenters. The molecular formula is C23H21FN4O3S. The number of aromatic nitrogens is 2. The van der Waals surface area contributed by atoms with Gasteiger partial charge in [0.05, 0.1) is 28.4 Å². The molecule has 0 saturated carbocycles. The van der Waals surface area contributed by atoms with E-state index in [0.29, 0.717) is 11.5 Å². The van der Waals surface area contributed by atoms with Gasteiger partial charge in [0.1, 0.15) is 11.6 Å². The molecule has 0 aliphatic rings. The molecular weight excluding hydrogens is 431 g/mol. The van der Waals surface area contributed by atoms with Gasteiger partial charge >= 0.3 is 0 Å². The van der Waals surface area contributed by atoms with E-state index in [1.807, 2.05) is 31.2 Å². The first-order chi connectivity index (χ1) is 15.3. The first kappa shape index (κ1) is 21.5. The van der Waals surface area contributed by atoms with E-state index in [1.54, 1.807) is 24.3 Å². The van der Waals surface area contributed by atoms with Crippen LogP contribution in [0.15, 0.2) is 77.7 Å². The maximum atomic E-state index is 13.0. The van der Waals surface area contributed by atoms with E-state index < -0.39 is 15.8 Å². The van der Waals surface area contributed by atoms with Crippen LogP contribution in [0.1, 0.15) is 24.4 Å². The topological polar surface area (TPSA) is 104 Å². The highest BCUT2D eigenvalue weighted by Gasteiger charge is 2.16. The van der Waals surface area contributed by atoms with Crippen LogP contribution in [0.4, 0.5) is 10.1 Å². The van der Waals surface area contributed by atoms with Gasteiger partial charge in [-0.2, -0.15) is 0 Å². The predicted octanol–water partition coefficient (Wildman–Crippen LogP) is 3.92. The Kier molecular flexibility index (Phi) is 5.91. The normalized spacial score (nSPS) is 12.4. The number of nitrogens with one attached hydrogen (secondary N) is 3. The lowest BCUT2D eigenvalue weighted by molar-refractivity contribution is -0.121. The number of para-hydroxylation sites is 2. The molecule has 164 valence electrons. The molecule has 0 saturated heterocycles. The second kappa shape index (κ2) is 8.80. The molecule has 1 atom stereocenters. The monoisotopic (exact) mass is 452 g/mol. The first-order valence-electron chi connectivity index (χ1n) is 9.91. The SMILES string of the molecule is CC(NC(=O)Cc1ccc(NS(=O)(=O)c2ccc(F)cc2)cc1)c1nc2ccccc2[nH]1. The fraction of sp³-hybridized carbons (Fsp3) is 0.130. The lowest BCUT2D eigenvalue weighted by Gasteiger charge is -2.12. The summed E-state index contributed by atoms with van der Waals surface area (Å²) in [7, 11) is -3.83. The van der Waals surface area contributed by atoms with E-state index in [0.717, 1.165) is 28.7 Å². The average molecular weight is 453 g/mol. The van der Waals surface area contributed by atoms with Gasteiger partial charge in [0, 0.05) is 5.69 Å². The molecule has 4 rings (SSSR count). The minimum Gasteiger partial charge on any atom is -0.346 e. The van der Waals surface area contributed by atoms with Crippen LogP contribution < -0.4 is 10.0 Å². The van der Waals surface area contributed by atoms with Gasteiger partial charge < -0.3 is 10.3 Å². The van der Waals surface area contributed by atoms with Crippen LogP contribution in [-0.4, -0.2) is 24.3 Å². The van der Waals surface area contributed by atoms with Gasteiger partial charge in [-0.15, -0.1) is 0 Å². The van der Waals surface area contributed by atoms with Gasteiger partial charge in [-0.05, 0) is 61.0 Å². The lowest BCUT2D eigenvalue weighted by atomic mass is 10.1. The Labute approximate surface area is 184 Å². The number of hydrogen-bond donors (Lipinski definition) is 3. The largest absolute Gasteiger partial charge is 0.346 e. The van der Waals surface area contributed by atoms with Crippen LogP contribution in [-0.2, 0) is 21.2 Å². The summed E-state index contributed by atoms with van der Waals surface area (Å²) < 4.78 is 40.2. The fourth-order valence-electron chi connectivity index (χ4n) is 3.24. The Morgan fingerprint density at radius 1 is 1.03 bits per heavy atom. The van der Waals surface area contributed by atoms with Crippen molar-refractivity contribution < 1.29 is 17.6 Å². The Morgan fingerprint density at radius 2 is 1.72 bits per heavy atom. The molecule has 9 heteroatoms. The minimum atomic E-state index is -3.83. The van der Waals surface area contributed by atoms with Crippen molar-refractivity contribution in [1.29, 1.82) is 0 Å². The summed E-state index contributed by atoms with van der Waals surface area (Å²) >= 11 is 0. The number of sulfonamides is 1. The summed E-state index contributed by atoms with van der Waals surface area (Å²) in [6.45, 7) is 1.85. The molecule has 0 aliphatic heterocycles. The molecule has 32 heavy (non-hydrogen) atoms. The molecule has 0 aliphatic carbocycles. The average Bonchev–Trinajstić information content (AvgIpc) is 3.20. The summed E-state index contributed by atoms with van der Waals surface area (Å²) in [6, 6.07) is 18.4. The number of aromatic amines is 1. The van der Waals surface area contributed by atoms with Gasteiger partial charge in [-0.25, -0.2) is 17.8 Å². The number of carbonyl (C=O) groups is 1. The van der Waals surface area contributed by atoms with Crippen molar-refractivity contribution >= 4 is 32.7 Å². The molecule has 3 N–H and O–H groups in total. The lowest BCUT2D eigenvalue weighted by Crippen LogP contribution is -2.28. The van der Waals surface area contributed by atoms with Crippen molar-refractivity contribution in [3.63, 3.8) is 0 Å². The van der Waals surface area contributed by atoms with Crippen LogP contribution in [0.25, 0.3) is 11.0 Å². The highest BCUT2D eigenvalue weighted by molar-refractivity contribution is 7.92. The van der Waals surface area contributed by atoms with Crippen LogP contribution in [0.5, 0.6) is 0 Å². The highest BCUT2D eigenvalue weighted by Crippen LogP contribution is 2.18. The summed E-state index contributed by atoms with van der Waals surface area (Å²) in [5, 5.41) is 2.91. The molecule has 4 aromatic rings. The quantitative estimate of drug-likeness (QED) is 0.395. The zero-order valence-electron chi connectivity index (χ0n) is 17.2. The molecule has 1 heterocycles. The maximum absolute atomic E-state index is 13.0. The molecule has 0 bridgehead atoms. The summed E-state index contributed by atoms with van der Waals surface area (Å²) in [5.74, 6) is -0.0242. The van der Waals surface area contributed by atoms with E-state index in [9.17, 15) is 17.6 Å². The second-order valence-electron chi connectivity index (χ2n) is 7.36. The number of carbonyl (C=O) groups excluding carboxylic acids is 1. The van der Waals surface area contributed by atoms with Gasteiger partial charge in [-0.1, -0.05) is 24.3 Å². The van der Waals surface area contributed by atoms with E-state index in [-0.39, 0.29) is 23.3 Å². The van der Waals surface area contributed by atoms with Crippen LogP contribution in [0.2, 0.25) is 0 Å². The van der Waals surface area contributed by atoms with Crippen molar-refractivity contribution in [3.05, 3.63) is 90.0 Å². The zero-order chi connectivity index (χ0) is 22.7. The van der Waals surface area contributed by atoms with E-state index >= 15 is 0 Å². The van der Waals surface area contributed by atoms with Crippen molar-refractivity contribution in [3.8, 4) is 0 Å². The van der Waals surface area contributed by atoms with Gasteiger partial charge in [0.15, 0.2) is 0 Å². The van der Waals surface area contributed by atoms with Crippen molar-refractivity contribution in [1.82, 2.24) is 15.3 Å². The third-order valence-corrected chi connectivity index (χ3v) is 6.29. The van der Waals surface area contributed by atoms with E-state index in [2.05, 4.69) is 20.0 Å². The number of rotatable bonds is 7. The highest BCUT2D eigenvalue weighted by atomic mass is 32.2. The van der Waals surface area contributed by atoms with Crippen LogP contribution in [0, 0.1) is 5.82 Å². The number of anilines is 1. The zero-order valence-corrected chi connectivity index (χ0v) is 18.0. The van der Waals surface area contributed by atoms with Crippen LogP contribution in [0.3, 0.4) is 0 Å². The Balaban J connectivity index is 1.36. The summed E-state index contributed by atoms with van der Waals surface area (Å²) in [4.78, 5) is 20.1. The van der Waals surface area contributed by atoms with Gasteiger partial charge in [0.2, 0.25) is 5.91 Å². The van der Waals surface area contributed by atoms with E-state index in [4.69, 9.17) is 0 Å². The fourth-order valence-corrected chi connectivity index (χ4v) is 4.30. The Morgan fingerprint density at radius 3 is 2.41 bits per heavy atom. The van der Waals surface area contributed by atoms with Crippen molar-refractivity contribution in [2.75, 3.05) is 4.72 Å².